The number of imidazole rings is 1. The fourth-order valence-electron chi connectivity index (χ4n) is 3.01. The van der Waals surface area contributed by atoms with Crippen molar-refractivity contribution in [2.45, 2.75) is 6.92 Å². The number of nitrogens with zero attached hydrogens (tertiary/aromatic N) is 6. The molecule has 0 saturated carbocycles. The SMILES string of the molecule is Cc1nc2ccccn2c1-c1nnc2sc(/C=C/c3cccc(Cl)c3)nn12. The zero-order chi connectivity index (χ0) is 18.4. The van der Waals surface area contributed by atoms with Crippen molar-refractivity contribution in [3.05, 3.63) is 69.9 Å². The summed E-state index contributed by atoms with van der Waals surface area (Å²) in [7, 11) is 0. The summed E-state index contributed by atoms with van der Waals surface area (Å²) in [6.07, 6.45) is 5.91. The highest BCUT2D eigenvalue weighted by atomic mass is 35.5. The van der Waals surface area contributed by atoms with Crippen LogP contribution in [0.15, 0.2) is 48.7 Å². The lowest BCUT2D eigenvalue weighted by atomic mass is 10.2. The van der Waals surface area contributed by atoms with Crippen molar-refractivity contribution >= 4 is 45.7 Å². The number of aryl methyl sites for hydroxylation is 1. The number of fused-ring (bicyclic) bond motifs is 2. The molecule has 132 valence electrons. The standard InChI is InChI=1S/C19H13ClN6S/c1-12-17(25-10-3-2-7-15(25)21-12)18-22-23-19-26(18)24-16(27-19)9-8-13-5-4-6-14(20)11-13/h2-11H,1H3/b9-8+. The van der Waals surface area contributed by atoms with E-state index < -0.39 is 0 Å². The predicted molar refractivity (Wildman–Crippen MR) is 108 cm³/mol. The molecule has 0 saturated heterocycles. The average Bonchev–Trinajstić information content (AvgIpc) is 3.32. The number of halogens is 1. The van der Waals surface area contributed by atoms with Crippen LogP contribution in [0, 0.1) is 6.92 Å². The summed E-state index contributed by atoms with van der Waals surface area (Å²) in [5.41, 5.74) is 3.68. The van der Waals surface area contributed by atoms with Gasteiger partial charge in [-0.1, -0.05) is 47.2 Å². The maximum absolute atomic E-state index is 6.04. The summed E-state index contributed by atoms with van der Waals surface area (Å²) in [5, 5.41) is 14.8. The van der Waals surface area contributed by atoms with Crippen LogP contribution in [0.3, 0.4) is 0 Å². The molecule has 0 atom stereocenters. The fraction of sp³-hybridized carbons (Fsp3) is 0.0526. The summed E-state index contributed by atoms with van der Waals surface area (Å²) in [6, 6.07) is 13.6. The van der Waals surface area contributed by atoms with Gasteiger partial charge in [0.2, 0.25) is 10.8 Å². The van der Waals surface area contributed by atoms with Crippen molar-refractivity contribution < 1.29 is 0 Å². The Kier molecular flexibility index (Phi) is 3.77. The zero-order valence-electron chi connectivity index (χ0n) is 14.2. The second-order valence-corrected chi connectivity index (χ2v) is 7.45. The Bertz CT molecular complexity index is 1310. The molecule has 0 fully saturated rings. The molecule has 0 spiro atoms. The third kappa shape index (κ3) is 2.81. The fourth-order valence-corrected chi connectivity index (χ4v) is 3.95. The van der Waals surface area contributed by atoms with Crippen LogP contribution in [0.25, 0.3) is 34.3 Å². The lowest BCUT2D eigenvalue weighted by Gasteiger charge is -1.99. The molecule has 0 N–H and O–H groups in total. The summed E-state index contributed by atoms with van der Waals surface area (Å²) in [4.78, 5) is 5.33. The third-order valence-electron chi connectivity index (χ3n) is 4.19. The molecular formula is C19H13ClN6S. The molecule has 5 rings (SSSR count). The van der Waals surface area contributed by atoms with Crippen LogP contribution in [-0.2, 0) is 0 Å². The predicted octanol–water partition coefficient (Wildman–Crippen LogP) is 4.63. The molecule has 0 aliphatic heterocycles. The monoisotopic (exact) mass is 392 g/mol. The molecule has 0 aliphatic rings. The lowest BCUT2D eigenvalue weighted by molar-refractivity contribution is 0.944. The van der Waals surface area contributed by atoms with Crippen molar-refractivity contribution in [1.82, 2.24) is 29.2 Å². The Morgan fingerprint density at radius 2 is 2.00 bits per heavy atom. The first-order valence-electron chi connectivity index (χ1n) is 8.29. The number of aromatic nitrogens is 6. The van der Waals surface area contributed by atoms with Crippen LogP contribution in [0.4, 0.5) is 0 Å². The second kappa shape index (κ2) is 6.29. The lowest BCUT2D eigenvalue weighted by Crippen LogP contribution is -1.96. The minimum Gasteiger partial charge on any atom is -0.297 e. The molecule has 0 radical (unpaired) electrons. The maximum atomic E-state index is 6.04. The Labute approximate surface area is 163 Å². The summed E-state index contributed by atoms with van der Waals surface area (Å²) in [5.74, 6) is 0.680. The second-order valence-electron chi connectivity index (χ2n) is 6.02. The van der Waals surface area contributed by atoms with Gasteiger partial charge < -0.3 is 0 Å². The van der Waals surface area contributed by atoms with Gasteiger partial charge in [-0.05, 0) is 42.8 Å². The molecule has 4 heterocycles. The van der Waals surface area contributed by atoms with Crippen LogP contribution < -0.4 is 0 Å². The summed E-state index contributed by atoms with van der Waals surface area (Å²) < 4.78 is 3.78. The highest BCUT2D eigenvalue weighted by molar-refractivity contribution is 7.17. The molecule has 0 aliphatic carbocycles. The third-order valence-corrected chi connectivity index (χ3v) is 5.29. The van der Waals surface area contributed by atoms with Crippen molar-refractivity contribution in [3.8, 4) is 11.5 Å². The normalized spacial score (nSPS) is 11.9. The molecule has 0 unspecified atom stereocenters. The molecular weight excluding hydrogens is 380 g/mol. The number of hydrogen-bond donors (Lipinski definition) is 0. The number of benzene rings is 1. The molecule has 6 nitrogen and oxygen atoms in total. The highest BCUT2D eigenvalue weighted by Gasteiger charge is 2.19. The first-order chi connectivity index (χ1) is 13.2. The van der Waals surface area contributed by atoms with Crippen LogP contribution in [0.5, 0.6) is 0 Å². The Balaban J connectivity index is 1.58. The summed E-state index contributed by atoms with van der Waals surface area (Å²) >= 11 is 7.52. The van der Waals surface area contributed by atoms with Crippen molar-refractivity contribution in [1.29, 1.82) is 0 Å². The number of rotatable bonds is 3. The van der Waals surface area contributed by atoms with Crippen LogP contribution in [-0.4, -0.2) is 29.2 Å². The Morgan fingerprint density at radius 3 is 2.89 bits per heavy atom. The van der Waals surface area contributed by atoms with Crippen molar-refractivity contribution in [2.24, 2.45) is 0 Å². The van der Waals surface area contributed by atoms with Crippen molar-refractivity contribution in [2.75, 3.05) is 0 Å². The van der Waals surface area contributed by atoms with Gasteiger partial charge in [-0.2, -0.15) is 9.61 Å². The quantitative estimate of drug-likeness (QED) is 0.449. The average molecular weight is 393 g/mol. The van der Waals surface area contributed by atoms with Gasteiger partial charge in [0.25, 0.3) is 0 Å². The zero-order valence-corrected chi connectivity index (χ0v) is 15.8. The van der Waals surface area contributed by atoms with E-state index in [2.05, 4.69) is 20.3 Å². The van der Waals surface area contributed by atoms with E-state index in [4.69, 9.17) is 11.6 Å². The topological polar surface area (TPSA) is 60.4 Å². The van der Waals surface area contributed by atoms with Crippen LogP contribution in [0.1, 0.15) is 16.3 Å². The molecule has 27 heavy (non-hydrogen) atoms. The molecule has 4 aromatic heterocycles. The minimum atomic E-state index is 0.680. The highest BCUT2D eigenvalue weighted by Crippen LogP contribution is 2.26. The van der Waals surface area contributed by atoms with E-state index in [0.29, 0.717) is 10.8 Å². The Morgan fingerprint density at radius 1 is 1.07 bits per heavy atom. The molecule has 0 amide bonds. The molecule has 5 aromatic rings. The van der Waals surface area contributed by atoms with E-state index in [1.807, 2.05) is 72.1 Å². The van der Waals surface area contributed by atoms with Gasteiger partial charge in [0, 0.05) is 11.2 Å². The first kappa shape index (κ1) is 16.2. The van der Waals surface area contributed by atoms with E-state index >= 15 is 0 Å². The minimum absolute atomic E-state index is 0.680. The van der Waals surface area contributed by atoms with E-state index in [-0.39, 0.29) is 0 Å². The van der Waals surface area contributed by atoms with E-state index in [0.717, 1.165) is 32.6 Å². The maximum Gasteiger partial charge on any atom is 0.235 e. The van der Waals surface area contributed by atoms with E-state index in [1.165, 1.54) is 11.3 Å². The van der Waals surface area contributed by atoms with Crippen molar-refractivity contribution in [3.63, 3.8) is 0 Å². The molecule has 0 bridgehead atoms. The summed E-state index contributed by atoms with van der Waals surface area (Å²) in [6.45, 7) is 1.97. The van der Waals surface area contributed by atoms with Gasteiger partial charge in [0.15, 0.2) is 0 Å². The van der Waals surface area contributed by atoms with Gasteiger partial charge in [-0.15, -0.1) is 10.2 Å². The Hall–Kier alpha value is -3.03. The largest absolute Gasteiger partial charge is 0.297 e. The van der Waals surface area contributed by atoms with Gasteiger partial charge in [-0.3, -0.25) is 4.40 Å². The van der Waals surface area contributed by atoms with Gasteiger partial charge in [-0.25, -0.2) is 4.98 Å². The van der Waals surface area contributed by atoms with E-state index in [9.17, 15) is 0 Å². The molecule has 8 heteroatoms. The van der Waals surface area contributed by atoms with Crippen LogP contribution in [0.2, 0.25) is 5.02 Å². The van der Waals surface area contributed by atoms with E-state index in [1.54, 1.807) is 4.52 Å². The number of hydrogen-bond acceptors (Lipinski definition) is 5. The van der Waals surface area contributed by atoms with Gasteiger partial charge in [0.05, 0.1) is 5.69 Å². The van der Waals surface area contributed by atoms with Gasteiger partial charge >= 0.3 is 0 Å². The molecule has 1 aromatic carbocycles. The number of pyridine rings is 1. The van der Waals surface area contributed by atoms with Gasteiger partial charge in [0.1, 0.15) is 16.3 Å². The van der Waals surface area contributed by atoms with Crippen LogP contribution >= 0.6 is 22.9 Å². The smallest absolute Gasteiger partial charge is 0.235 e. The first-order valence-corrected chi connectivity index (χ1v) is 9.48.